The van der Waals surface area contributed by atoms with Crippen molar-refractivity contribution in [3.63, 3.8) is 0 Å². The number of nitrogens with one attached hydrogen (secondary N) is 2. The number of rotatable bonds is 6. The Balaban J connectivity index is 1.58. The molecule has 2 fully saturated rings. The second-order valence-electron chi connectivity index (χ2n) is 5.29. The van der Waals surface area contributed by atoms with Gasteiger partial charge in [-0.05, 0) is 31.6 Å². The number of piperidine rings is 1. The number of fused-ring (bicyclic) bond motifs is 2. The second-order valence-corrected chi connectivity index (χ2v) is 6.39. The molecule has 2 rings (SSSR count). The van der Waals surface area contributed by atoms with Gasteiger partial charge in [-0.25, -0.2) is 0 Å². The van der Waals surface area contributed by atoms with Crippen molar-refractivity contribution in [1.29, 1.82) is 0 Å². The van der Waals surface area contributed by atoms with E-state index in [9.17, 15) is 4.79 Å². The SMILES string of the molecule is C#CCSCCNC(=O)CC1CC2CCC(C1)N2. The number of carbonyl (C=O) groups is 1. The van der Waals surface area contributed by atoms with Gasteiger partial charge in [-0.1, -0.05) is 5.92 Å². The van der Waals surface area contributed by atoms with Crippen LogP contribution in [0.15, 0.2) is 0 Å². The van der Waals surface area contributed by atoms with Crippen molar-refractivity contribution < 1.29 is 4.79 Å². The van der Waals surface area contributed by atoms with Gasteiger partial charge in [-0.2, -0.15) is 0 Å². The molecule has 0 aliphatic carbocycles. The van der Waals surface area contributed by atoms with Gasteiger partial charge in [0.25, 0.3) is 0 Å². The molecule has 2 heterocycles. The molecule has 100 valence electrons. The molecule has 18 heavy (non-hydrogen) atoms. The van der Waals surface area contributed by atoms with Crippen LogP contribution in [0.3, 0.4) is 0 Å². The van der Waals surface area contributed by atoms with Crippen LogP contribution in [0.4, 0.5) is 0 Å². The zero-order valence-electron chi connectivity index (χ0n) is 10.8. The van der Waals surface area contributed by atoms with Crippen molar-refractivity contribution in [2.45, 2.75) is 44.2 Å². The summed E-state index contributed by atoms with van der Waals surface area (Å²) in [5.41, 5.74) is 0. The Labute approximate surface area is 114 Å². The summed E-state index contributed by atoms with van der Waals surface area (Å²) in [6.07, 6.45) is 10.8. The molecule has 0 saturated carbocycles. The summed E-state index contributed by atoms with van der Waals surface area (Å²) in [5, 5.41) is 6.60. The number of carbonyl (C=O) groups excluding carboxylic acids is 1. The van der Waals surface area contributed by atoms with Crippen LogP contribution in [0.2, 0.25) is 0 Å². The molecule has 2 atom stereocenters. The summed E-state index contributed by atoms with van der Waals surface area (Å²) < 4.78 is 0. The highest BCUT2D eigenvalue weighted by Crippen LogP contribution is 2.32. The highest BCUT2D eigenvalue weighted by atomic mass is 32.2. The molecule has 2 unspecified atom stereocenters. The maximum Gasteiger partial charge on any atom is 0.220 e. The molecule has 0 aromatic carbocycles. The summed E-state index contributed by atoms with van der Waals surface area (Å²) in [4.78, 5) is 11.8. The van der Waals surface area contributed by atoms with Crippen LogP contribution >= 0.6 is 11.8 Å². The van der Waals surface area contributed by atoms with E-state index >= 15 is 0 Å². The van der Waals surface area contributed by atoms with Crippen LogP contribution in [0.5, 0.6) is 0 Å². The third-order valence-corrected chi connectivity index (χ3v) is 4.66. The lowest BCUT2D eigenvalue weighted by Gasteiger charge is -2.28. The van der Waals surface area contributed by atoms with E-state index in [1.54, 1.807) is 11.8 Å². The topological polar surface area (TPSA) is 41.1 Å². The summed E-state index contributed by atoms with van der Waals surface area (Å²) in [6, 6.07) is 1.35. The summed E-state index contributed by atoms with van der Waals surface area (Å²) in [7, 11) is 0. The average Bonchev–Trinajstić information content (AvgIpc) is 2.68. The number of hydrogen-bond acceptors (Lipinski definition) is 3. The molecule has 2 bridgehead atoms. The standard InChI is InChI=1S/C14H22N2OS/c1-2-6-18-7-5-15-14(17)10-11-8-12-3-4-13(9-11)16-12/h1,11-13,16H,3-10H2,(H,15,17). The Morgan fingerprint density at radius 1 is 1.39 bits per heavy atom. The lowest BCUT2D eigenvalue weighted by molar-refractivity contribution is -0.122. The Morgan fingerprint density at radius 3 is 2.78 bits per heavy atom. The number of amides is 1. The van der Waals surface area contributed by atoms with E-state index in [-0.39, 0.29) is 5.91 Å². The van der Waals surface area contributed by atoms with Crippen molar-refractivity contribution in [3.05, 3.63) is 0 Å². The zero-order chi connectivity index (χ0) is 12.8. The van der Waals surface area contributed by atoms with Crippen LogP contribution in [0.1, 0.15) is 32.1 Å². The molecule has 0 spiro atoms. The minimum Gasteiger partial charge on any atom is -0.355 e. The quantitative estimate of drug-likeness (QED) is 0.564. The van der Waals surface area contributed by atoms with Crippen LogP contribution in [-0.2, 0) is 4.79 Å². The summed E-state index contributed by atoms with van der Waals surface area (Å²) in [6.45, 7) is 0.739. The van der Waals surface area contributed by atoms with Crippen LogP contribution in [0, 0.1) is 18.3 Å². The minimum atomic E-state index is 0.211. The van der Waals surface area contributed by atoms with Crippen molar-refractivity contribution in [2.75, 3.05) is 18.1 Å². The third kappa shape index (κ3) is 4.22. The maximum absolute atomic E-state index is 11.8. The van der Waals surface area contributed by atoms with Crippen LogP contribution in [-0.4, -0.2) is 36.0 Å². The Bertz CT molecular complexity index is 314. The Hall–Kier alpha value is -0.660. The van der Waals surface area contributed by atoms with E-state index in [0.29, 0.717) is 24.4 Å². The fourth-order valence-electron chi connectivity index (χ4n) is 3.07. The zero-order valence-corrected chi connectivity index (χ0v) is 11.6. The third-order valence-electron chi connectivity index (χ3n) is 3.80. The number of hydrogen-bond donors (Lipinski definition) is 2. The van der Waals surface area contributed by atoms with E-state index in [2.05, 4.69) is 16.6 Å². The van der Waals surface area contributed by atoms with Crippen molar-refractivity contribution in [1.82, 2.24) is 10.6 Å². The molecule has 2 aliphatic heterocycles. The summed E-state index contributed by atoms with van der Waals surface area (Å²) >= 11 is 1.69. The first-order valence-corrected chi connectivity index (χ1v) is 7.97. The van der Waals surface area contributed by atoms with Gasteiger partial charge in [0, 0.05) is 30.8 Å². The van der Waals surface area contributed by atoms with Crippen molar-refractivity contribution in [3.8, 4) is 12.3 Å². The van der Waals surface area contributed by atoms with Gasteiger partial charge in [0.15, 0.2) is 0 Å². The molecule has 4 heteroatoms. The van der Waals surface area contributed by atoms with Crippen LogP contribution in [0.25, 0.3) is 0 Å². The first kappa shape index (κ1) is 13.8. The van der Waals surface area contributed by atoms with Gasteiger partial charge in [-0.3, -0.25) is 4.79 Å². The van der Waals surface area contributed by atoms with Gasteiger partial charge in [0.2, 0.25) is 5.91 Å². The van der Waals surface area contributed by atoms with Crippen molar-refractivity contribution >= 4 is 17.7 Å². The van der Waals surface area contributed by atoms with Crippen LogP contribution < -0.4 is 10.6 Å². The first-order chi connectivity index (χ1) is 8.78. The predicted molar refractivity (Wildman–Crippen MR) is 76.5 cm³/mol. The molecular formula is C14H22N2OS. The van der Waals surface area contributed by atoms with Gasteiger partial charge >= 0.3 is 0 Å². The predicted octanol–water partition coefficient (Wildman–Crippen LogP) is 1.39. The fraction of sp³-hybridized carbons (Fsp3) is 0.786. The van der Waals surface area contributed by atoms with Gasteiger partial charge < -0.3 is 10.6 Å². The Kier molecular flexibility index (Phi) is 5.40. The van der Waals surface area contributed by atoms with Crippen molar-refractivity contribution in [2.24, 2.45) is 5.92 Å². The largest absolute Gasteiger partial charge is 0.355 e. The fourth-order valence-corrected chi connectivity index (χ4v) is 3.58. The van der Waals surface area contributed by atoms with Gasteiger partial charge in [-0.15, -0.1) is 18.2 Å². The second kappa shape index (κ2) is 7.06. The highest BCUT2D eigenvalue weighted by molar-refractivity contribution is 7.99. The normalized spacial score (nSPS) is 29.8. The smallest absolute Gasteiger partial charge is 0.220 e. The average molecular weight is 266 g/mol. The van der Waals surface area contributed by atoms with Gasteiger partial charge in [0.1, 0.15) is 0 Å². The van der Waals surface area contributed by atoms with E-state index in [1.807, 2.05) is 0 Å². The van der Waals surface area contributed by atoms with E-state index in [4.69, 9.17) is 6.42 Å². The van der Waals surface area contributed by atoms with E-state index < -0.39 is 0 Å². The lowest BCUT2D eigenvalue weighted by Crippen LogP contribution is -2.39. The molecule has 2 N–H and O–H groups in total. The molecule has 1 amide bonds. The van der Waals surface area contributed by atoms with E-state index in [0.717, 1.165) is 18.1 Å². The number of thioether (sulfide) groups is 1. The molecule has 0 aromatic heterocycles. The molecule has 2 saturated heterocycles. The molecular weight excluding hydrogens is 244 g/mol. The molecule has 0 aromatic rings. The Morgan fingerprint density at radius 2 is 2.11 bits per heavy atom. The highest BCUT2D eigenvalue weighted by Gasteiger charge is 2.33. The first-order valence-electron chi connectivity index (χ1n) is 6.82. The molecule has 3 nitrogen and oxygen atoms in total. The minimum absolute atomic E-state index is 0.211. The molecule has 0 radical (unpaired) electrons. The van der Waals surface area contributed by atoms with E-state index in [1.165, 1.54) is 25.7 Å². The molecule has 2 aliphatic rings. The summed E-state index contributed by atoms with van der Waals surface area (Å²) in [5.74, 6) is 5.02. The lowest BCUT2D eigenvalue weighted by atomic mass is 9.89. The monoisotopic (exact) mass is 266 g/mol. The van der Waals surface area contributed by atoms with Gasteiger partial charge in [0.05, 0.1) is 5.75 Å². The number of terminal acetylenes is 1. The maximum atomic E-state index is 11.8.